The van der Waals surface area contributed by atoms with Crippen molar-refractivity contribution in [1.29, 1.82) is 0 Å². The van der Waals surface area contributed by atoms with Crippen LogP contribution in [0.5, 0.6) is 0 Å². The number of pyridine rings is 1. The molecule has 0 saturated heterocycles. The fraction of sp³-hybridized carbons (Fsp3) is 0.222. The summed E-state index contributed by atoms with van der Waals surface area (Å²) >= 11 is 1.56. The van der Waals surface area contributed by atoms with E-state index in [2.05, 4.69) is 0 Å². The van der Waals surface area contributed by atoms with Crippen molar-refractivity contribution in [3.05, 3.63) is 99.8 Å². The molecule has 1 aliphatic rings. The van der Waals surface area contributed by atoms with E-state index in [-0.39, 0.29) is 11.6 Å². The maximum Gasteiger partial charge on any atom is 0.416 e. The van der Waals surface area contributed by atoms with E-state index in [0.717, 1.165) is 50.7 Å². The fourth-order valence-corrected chi connectivity index (χ4v) is 6.14. The summed E-state index contributed by atoms with van der Waals surface area (Å²) in [5, 5.41) is 2.94. The van der Waals surface area contributed by atoms with Crippen molar-refractivity contribution in [2.24, 2.45) is 0 Å². The Hall–Kier alpha value is -2.99. The molecule has 1 unspecified atom stereocenters. The molecule has 1 aromatic heterocycles. The lowest BCUT2D eigenvalue weighted by Gasteiger charge is -2.19. The third-order valence-corrected chi connectivity index (χ3v) is 7.50. The molecule has 0 bridgehead atoms. The third-order valence-electron chi connectivity index (χ3n) is 6.28. The maximum absolute atomic E-state index is 13.5. The Bertz CT molecular complexity index is 1400. The van der Waals surface area contributed by atoms with Gasteiger partial charge < -0.3 is 0 Å². The fourth-order valence-electron chi connectivity index (χ4n) is 4.64. The van der Waals surface area contributed by atoms with Crippen LogP contribution in [0.3, 0.4) is 0 Å². The van der Waals surface area contributed by atoms with E-state index < -0.39 is 11.7 Å². The van der Waals surface area contributed by atoms with Crippen molar-refractivity contribution in [2.45, 2.75) is 37.0 Å². The number of benzene rings is 3. The second-order valence-corrected chi connectivity index (χ2v) is 9.33. The van der Waals surface area contributed by atoms with Gasteiger partial charge in [-0.05, 0) is 52.4 Å². The standard InChI is InChI=1S/C27H22F3NOS/c1-2-22-16-33-26-25(19-10-6-11-21(14-19)27(28,29)30)20(15-24(32)31(22)26)13-18-9-5-8-17-7-3-4-12-23(17)18/h3-12,14-15,22H,2,13,16H2,1H3. The number of fused-ring (bicyclic) bond motifs is 2. The van der Waals surface area contributed by atoms with Gasteiger partial charge in [0.2, 0.25) is 0 Å². The Morgan fingerprint density at radius 3 is 2.52 bits per heavy atom. The van der Waals surface area contributed by atoms with Crippen molar-refractivity contribution < 1.29 is 13.2 Å². The molecule has 2 nitrogen and oxygen atoms in total. The molecule has 6 heteroatoms. The highest BCUT2D eigenvalue weighted by molar-refractivity contribution is 7.99. The van der Waals surface area contributed by atoms with Crippen LogP contribution in [-0.4, -0.2) is 10.3 Å². The molecule has 0 radical (unpaired) electrons. The molecule has 0 amide bonds. The van der Waals surface area contributed by atoms with Gasteiger partial charge in [0.1, 0.15) is 0 Å². The van der Waals surface area contributed by atoms with Crippen LogP contribution in [-0.2, 0) is 12.6 Å². The van der Waals surface area contributed by atoms with Gasteiger partial charge in [-0.1, -0.05) is 61.5 Å². The molecular weight excluding hydrogens is 443 g/mol. The molecule has 4 aromatic rings. The second kappa shape index (κ2) is 8.41. The molecule has 0 saturated carbocycles. The SMILES string of the molecule is CCC1CSc2c(-c3cccc(C(F)(F)F)c3)c(Cc3cccc4ccccc34)cc(=O)n21. The number of hydrogen-bond donors (Lipinski definition) is 0. The Labute approximate surface area is 194 Å². The Kier molecular flexibility index (Phi) is 5.57. The Balaban J connectivity index is 1.74. The third kappa shape index (κ3) is 3.97. The van der Waals surface area contributed by atoms with E-state index in [0.29, 0.717) is 12.0 Å². The summed E-state index contributed by atoms with van der Waals surface area (Å²) in [6, 6.07) is 21.2. The molecule has 0 aliphatic carbocycles. The predicted molar refractivity (Wildman–Crippen MR) is 128 cm³/mol. The van der Waals surface area contributed by atoms with Crippen LogP contribution >= 0.6 is 11.8 Å². The first-order valence-electron chi connectivity index (χ1n) is 10.9. The van der Waals surface area contributed by atoms with Crippen LogP contribution < -0.4 is 5.56 Å². The molecule has 0 spiro atoms. The zero-order valence-corrected chi connectivity index (χ0v) is 18.8. The molecule has 1 aliphatic heterocycles. The topological polar surface area (TPSA) is 22.0 Å². The van der Waals surface area contributed by atoms with Gasteiger partial charge in [0.15, 0.2) is 0 Å². The number of nitrogens with zero attached hydrogens (tertiary/aromatic N) is 1. The number of alkyl halides is 3. The number of hydrogen-bond acceptors (Lipinski definition) is 2. The Morgan fingerprint density at radius 2 is 1.73 bits per heavy atom. The lowest BCUT2D eigenvalue weighted by atomic mass is 9.93. The van der Waals surface area contributed by atoms with Gasteiger partial charge >= 0.3 is 6.18 Å². The van der Waals surface area contributed by atoms with Crippen LogP contribution in [0.1, 0.15) is 36.1 Å². The molecular formula is C27H22F3NOS. The average molecular weight is 466 g/mol. The van der Waals surface area contributed by atoms with E-state index in [4.69, 9.17) is 0 Å². The van der Waals surface area contributed by atoms with Gasteiger partial charge in [0, 0.05) is 23.4 Å². The minimum Gasteiger partial charge on any atom is -0.299 e. The molecule has 5 rings (SSSR count). The minimum atomic E-state index is -4.43. The van der Waals surface area contributed by atoms with E-state index in [9.17, 15) is 18.0 Å². The van der Waals surface area contributed by atoms with Crippen molar-refractivity contribution in [3.63, 3.8) is 0 Å². The summed E-state index contributed by atoms with van der Waals surface area (Å²) in [5.41, 5.74) is 2.25. The first kappa shape index (κ1) is 21.8. The summed E-state index contributed by atoms with van der Waals surface area (Å²) in [4.78, 5) is 13.1. The second-order valence-electron chi connectivity index (χ2n) is 8.32. The monoisotopic (exact) mass is 465 g/mol. The highest BCUT2D eigenvalue weighted by Crippen LogP contribution is 2.43. The maximum atomic E-state index is 13.5. The summed E-state index contributed by atoms with van der Waals surface area (Å²) in [6.45, 7) is 2.03. The first-order chi connectivity index (χ1) is 15.9. The van der Waals surface area contributed by atoms with Gasteiger partial charge in [0.25, 0.3) is 5.56 Å². The summed E-state index contributed by atoms with van der Waals surface area (Å²) < 4.78 is 42.3. The van der Waals surface area contributed by atoms with Gasteiger partial charge in [0.05, 0.1) is 10.6 Å². The first-order valence-corrected chi connectivity index (χ1v) is 11.9. The zero-order valence-electron chi connectivity index (χ0n) is 18.0. The number of halogens is 3. The van der Waals surface area contributed by atoms with Crippen molar-refractivity contribution >= 4 is 22.5 Å². The van der Waals surface area contributed by atoms with Crippen molar-refractivity contribution in [2.75, 3.05) is 5.75 Å². The van der Waals surface area contributed by atoms with Crippen LogP contribution in [0.2, 0.25) is 0 Å². The molecule has 2 heterocycles. The number of rotatable bonds is 4. The smallest absolute Gasteiger partial charge is 0.299 e. The summed E-state index contributed by atoms with van der Waals surface area (Å²) in [5.74, 6) is 0.745. The van der Waals surface area contributed by atoms with E-state index in [1.54, 1.807) is 28.5 Å². The molecule has 1 atom stereocenters. The molecule has 168 valence electrons. The molecule has 0 fully saturated rings. The normalized spacial score (nSPS) is 15.7. The van der Waals surface area contributed by atoms with E-state index >= 15 is 0 Å². The van der Waals surface area contributed by atoms with Gasteiger partial charge in [-0.15, -0.1) is 11.8 Å². The van der Waals surface area contributed by atoms with Crippen LogP contribution in [0.25, 0.3) is 21.9 Å². The number of thioether (sulfide) groups is 1. The lowest BCUT2D eigenvalue weighted by Crippen LogP contribution is -2.24. The van der Waals surface area contributed by atoms with Crippen LogP contribution in [0.4, 0.5) is 13.2 Å². The van der Waals surface area contributed by atoms with Crippen molar-refractivity contribution in [3.8, 4) is 11.1 Å². The molecule has 33 heavy (non-hydrogen) atoms. The quantitative estimate of drug-likeness (QED) is 0.315. The lowest BCUT2D eigenvalue weighted by molar-refractivity contribution is -0.137. The molecule has 3 aromatic carbocycles. The largest absolute Gasteiger partial charge is 0.416 e. The van der Waals surface area contributed by atoms with Gasteiger partial charge in [-0.3, -0.25) is 9.36 Å². The zero-order chi connectivity index (χ0) is 23.2. The van der Waals surface area contributed by atoms with E-state index in [1.807, 2.05) is 49.4 Å². The van der Waals surface area contributed by atoms with Crippen LogP contribution in [0, 0.1) is 0 Å². The average Bonchev–Trinajstić information content (AvgIpc) is 3.24. The highest BCUT2D eigenvalue weighted by Gasteiger charge is 2.32. The van der Waals surface area contributed by atoms with Crippen LogP contribution in [0.15, 0.2) is 82.6 Å². The Morgan fingerprint density at radius 1 is 0.970 bits per heavy atom. The van der Waals surface area contributed by atoms with Crippen molar-refractivity contribution in [1.82, 2.24) is 4.57 Å². The van der Waals surface area contributed by atoms with E-state index in [1.165, 1.54) is 12.1 Å². The molecule has 0 N–H and O–H groups in total. The predicted octanol–water partition coefficient (Wildman–Crippen LogP) is 7.33. The van der Waals surface area contributed by atoms with Gasteiger partial charge in [-0.2, -0.15) is 13.2 Å². The van der Waals surface area contributed by atoms with Gasteiger partial charge in [-0.25, -0.2) is 0 Å². The number of aromatic nitrogens is 1. The minimum absolute atomic E-state index is 0.0497. The highest BCUT2D eigenvalue weighted by atomic mass is 32.2. The summed E-state index contributed by atoms with van der Waals surface area (Å²) in [6.07, 6.45) is -3.17. The summed E-state index contributed by atoms with van der Waals surface area (Å²) in [7, 11) is 0.